The number of hydrogen-bond acceptors (Lipinski definition) is 4. The lowest BCUT2D eigenvalue weighted by Gasteiger charge is -2.20. The fraction of sp³-hybridized carbons (Fsp3) is 0.462. The van der Waals surface area contributed by atoms with Crippen molar-refractivity contribution in [2.45, 2.75) is 6.42 Å². The van der Waals surface area contributed by atoms with Gasteiger partial charge in [0.25, 0.3) is 0 Å². The summed E-state index contributed by atoms with van der Waals surface area (Å²) >= 11 is 0. The Kier molecular flexibility index (Phi) is 6.24. The summed E-state index contributed by atoms with van der Waals surface area (Å²) in [6, 6.07) is 4.31. The molecule has 0 saturated heterocycles. The van der Waals surface area contributed by atoms with E-state index in [1.807, 2.05) is 0 Å². The monoisotopic (exact) mass is 271 g/mol. The van der Waals surface area contributed by atoms with Crippen molar-refractivity contribution in [1.82, 2.24) is 4.90 Å². The topological polar surface area (TPSA) is 70.0 Å². The number of halogens is 1. The van der Waals surface area contributed by atoms with E-state index in [1.54, 1.807) is 6.07 Å². The predicted octanol–water partition coefficient (Wildman–Crippen LogP) is 0.190. The van der Waals surface area contributed by atoms with E-state index in [-0.39, 0.29) is 44.4 Å². The predicted molar refractivity (Wildman–Crippen MR) is 67.4 cm³/mol. The third-order valence-corrected chi connectivity index (χ3v) is 2.66. The maximum atomic E-state index is 13.5. The van der Waals surface area contributed by atoms with Crippen molar-refractivity contribution >= 4 is 5.91 Å². The van der Waals surface area contributed by atoms with Gasteiger partial charge in [0.1, 0.15) is 0 Å². The lowest BCUT2D eigenvalue weighted by molar-refractivity contribution is -0.131. The first-order valence-corrected chi connectivity index (χ1v) is 5.94. The molecule has 0 atom stereocenters. The molecule has 0 heterocycles. The van der Waals surface area contributed by atoms with Crippen molar-refractivity contribution in [1.29, 1.82) is 0 Å². The smallest absolute Gasteiger partial charge is 0.227 e. The quantitative estimate of drug-likeness (QED) is 0.743. The second-order valence-electron chi connectivity index (χ2n) is 3.97. The van der Waals surface area contributed by atoms with Crippen LogP contribution in [0.1, 0.15) is 5.56 Å². The minimum atomic E-state index is -0.524. The number of ether oxygens (including phenoxy) is 1. The van der Waals surface area contributed by atoms with Gasteiger partial charge in [0.2, 0.25) is 5.91 Å². The first-order valence-electron chi connectivity index (χ1n) is 5.94. The second kappa shape index (κ2) is 7.70. The molecule has 0 radical (unpaired) electrons. The molecule has 1 amide bonds. The zero-order valence-corrected chi connectivity index (χ0v) is 10.8. The molecule has 0 aliphatic carbocycles. The minimum Gasteiger partial charge on any atom is -0.494 e. The molecule has 0 fully saturated rings. The zero-order valence-electron chi connectivity index (χ0n) is 10.8. The van der Waals surface area contributed by atoms with Gasteiger partial charge in [-0.3, -0.25) is 4.79 Å². The van der Waals surface area contributed by atoms with Crippen molar-refractivity contribution in [3.8, 4) is 5.75 Å². The van der Waals surface area contributed by atoms with Crippen LogP contribution in [-0.4, -0.2) is 54.4 Å². The number of carbonyl (C=O) groups excluding carboxylic acids is 1. The molecule has 19 heavy (non-hydrogen) atoms. The Hall–Kier alpha value is -1.66. The van der Waals surface area contributed by atoms with Crippen LogP contribution in [0.5, 0.6) is 5.75 Å². The van der Waals surface area contributed by atoms with E-state index in [0.29, 0.717) is 5.56 Å². The van der Waals surface area contributed by atoms with E-state index in [9.17, 15) is 9.18 Å². The van der Waals surface area contributed by atoms with Gasteiger partial charge < -0.3 is 19.8 Å². The molecule has 0 aromatic heterocycles. The normalized spacial score (nSPS) is 10.3. The number of methoxy groups -OCH3 is 1. The summed E-state index contributed by atoms with van der Waals surface area (Å²) < 4.78 is 18.3. The number of rotatable bonds is 7. The highest BCUT2D eigenvalue weighted by Gasteiger charge is 2.14. The van der Waals surface area contributed by atoms with Crippen LogP contribution in [0.2, 0.25) is 0 Å². The third-order valence-electron chi connectivity index (χ3n) is 2.66. The number of aliphatic hydroxyl groups excluding tert-OH is 2. The molecule has 1 rings (SSSR count). The van der Waals surface area contributed by atoms with Crippen molar-refractivity contribution in [2.24, 2.45) is 0 Å². The van der Waals surface area contributed by atoms with E-state index < -0.39 is 5.82 Å². The Morgan fingerprint density at radius 2 is 1.95 bits per heavy atom. The highest BCUT2D eigenvalue weighted by Crippen LogP contribution is 2.18. The van der Waals surface area contributed by atoms with Crippen LogP contribution in [0.25, 0.3) is 0 Å². The molecule has 0 unspecified atom stereocenters. The average molecular weight is 271 g/mol. The van der Waals surface area contributed by atoms with E-state index in [4.69, 9.17) is 14.9 Å². The molecule has 0 bridgehead atoms. The highest BCUT2D eigenvalue weighted by atomic mass is 19.1. The first kappa shape index (κ1) is 15.4. The molecule has 0 aliphatic rings. The van der Waals surface area contributed by atoms with Crippen LogP contribution < -0.4 is 4.74 Å². The second-order valence-corrected chi connectivity index (χ2v) is 3.97. The van der Waals surface area contributed by atoms with Crippen LogP contribution in [0.4, 0.5) is 4.39 Å². The number of carbonyl (C=O) groups is 1. The number of hydrogen-bond donors (Lipinski definition) is 2. The van der Waals surface area contributed by atoms with Gasteiger partial charge in [0.15, 0.2) is 11.6 Å². The molecular formula is C13H18FNO4. The summed E-state index contributed by atoms with van der Waals surface area (Å²) in [5.74, 6) is -0.671. The molecular weight excluding hydrogens is 253 g/mol. The summed E-state index contributed by atoms with van der Waals surface area (Å²) in [5, 5.41) is 17.7. The summed E-state index contributed by atoms with van der Waals surface area (Å²) in [7, 11) is 1.37. The van der Waals surface area contributed by atoms with Gasteiger partial charge in [-0.1, -0.05) is 6.07 Å². The van der Waals surface area contributed by atoms with E-state index in [0.717, 1.165) is 0 Å². The largest absolute Gasteiger partial charge is 0.494 e. The van der Waals surface area contributed by atoms with Crippen LogP contribution in [0.3, 0.4) is 0 Å². The third kappa shape index (κ3) is 4.50. The standard InChI is InChI=1S/C13H18FNO4/c1-19-12-3-2-10(8-11(12)14)9-13(18)15(4-6-16)5-7-17/h2-3,8,16-17H,4-7,9H2,1H3. The first-order chi connectivity index (χ1) is 9.12. The molecule has 0 spiro atoms. The Morgan fingerprint density at radius 1 is 1.32 bits per heavy atom. The molecule has 0 saturated carbocycles. The summed E-state index contributed by atoms with van der Waals surface area (Å²) in [5.41, 5.74) is 0.518. The van der Waals surface area contributed by atoms with Crippen molar-refractivity contribution < 1.29 is 24.1 Å². The van der Waals surface area contributed by atoms with Crippen LogP contribution in [0.15, 0.2) is 18.2 Å². The molecule has 1 aromatic rings. The molecule has 5 nitrogen and oxygen atoms in total. The summed E-state index contributed by atoms with van der Waals surface area (Å²) in [6.07, 6.45) is 0.0148. The fourth-order valence-electron chi connectivity index (χ4n) is 1.71. The van der Waals surface area contributed by atoms with Gasteiger partial charge in [0.05, 0.1) is 26.7 Å². The Labute approximate surface area is 111 Å². The van der Waals surface area contributed by atoms with Crippen LogP contribution in [0, 0.1) is 5.82 Å². The maximum absolute atomic E-state index is 13.5. The van der Waals surface area contributed by atoms with Gasteiger partial charge in [-0.25, -0.2) is 4.39 Å². The van der Waals surface area contributed by atoms with E-state index >= 15 is 0 Å². The summed E-state index contributed by atoms with van der Waals surface area (Å²) in [6.45, 7) is -0.0541. The minimum absolute atomic E-state index is 0.0148. The van der Waals surface area contributed by atoms with Crippen molar-refractivity contribution in [3.05, 3.63) is 29.6 Å². The van der Waals surface area contributed by atoms with Gasteiger partial charge >= 0.3 is 0 Å². The SMILES string of the molecule is COc1ccc(CC(=O)N(CCO)CCO)cc1F. The van der Waals surface area contributed by atoms with Gasteiger partial charge in [0, 0.05) is 13.1 Å². The van der Waals surface area contributed by atoms with Crippen LogP contribution >= 0.6 is 0 Å². The molecule has 106 valence electrons. The lowest BCUT2D eigenvalue weighted by Crippen LogP contribution is -2.36. The molecule has 2 N–H and O–H groups in total. The Balaban J connectivity index is 2.71. The fourth-order valence-corrected chi connectivity index (χ4v) is 1.71. The molecule has 6 heteroatoms. The number of aliphatic hydroxyl groups is 2. The maximum Gasteiger partial charge on any atom is 0.227 e. The van der Waals surface area contributed by atoms with E-state index in [2.05, 4.69) is 0 Å². The average Bonchev–Trinajstić information content (AvgIpc) is 2.38. The lowest BCUT2D eigenvalue weighted by atomic mass is 10.1. The molecule has 1 aromatic carbocycles. The Bertz CT molecular complexity index is 419. The summed E-state index contributed by atoms with van der Waals surface area (Å²) in [4.78, 5) is 13.2. The number of benzene rings is 1. The van der Waals surface area contributed by atoms with Crippen molar-refractivity contribution in [2.75, 3.05) is 33.4 Å². The highest BCUT2D eigenvalue weighted by molar-refractivity contribution is 5.78. The van der Waals surface area contributed by atoms with Gasteiger partial charge in [-0.2, -0.15) is 0 Å². The molecule has 0 aliphatic heterocycles. The zero-order chi connectivity index (χ0) is 14.3. The van der Waals surface area contributed by atoms with Crippen LogP contribution in [-0.2, 0) is 11.2 Å². The van der Waals surface area contributed by atoms with Crippen molar-refractivity contribution in [3.63, 3.8) is 0 Å². The number of amides is 1. The number of nitrogens with zero attached hydrogens (tertiary/aromatic N) is 1. The Morgan fingerprint density at radius 3 is 2.42 bits per heavy atom. The van der Waals surface area contributed by atoms with E-state index in [1.165, 1.54) is 24.1 Å². The van der Waals surface area contributed by atoms with Gasteiger partial charge in [-0.05, 0) is 17.7 Å². The van der Waals surface area contributed by atoms with Gasteiger partial charge in [-0.15, -0.1) is 0 Å².